The van der Waals surface area contributed by atoms with E-state index < -0.39 is 5.97 Å². The van der Waals surface area contributed by atoms with Gasteiger partial charge in [-0.2, -0.15) is 0 Å². The van der Waals surface area contributed by atoms with Crippen LogP contribution in [0.3, 0.4) is 0 Å². The molecule has 0 saturated heterocycles. The largest absolute Gasteiger partial charge is 0.462 e. The number of ether oxygens (including phenoxy) is 1. The lowest BCUT2D eigenvalue weighted by Crippen LogP contribution is -2.11. The fourth-order valence-corrected chi connectivity index (χ4v) is 3.19. The molecule has 0 aliphatic rings. The molecule has 0 fully saturated rings. The summed E-state index contributed by atoms with van der Waals surface area (Å²) in [4.78, 5) is 25.7. The second kappa shape index (κ2) is 7.19. The summed E-state index contributed by atoms with van der Waals surface area (Å²) in [5.74, 6) is -0.685. The van der Waals surface area contributed by atoms with Crippen LogP contribution in [0.4, 0.5) is 5.00 Å². The Balaban J connectivity index is 2.08. The smallest absolute Gasteiger partial charge is 0.341 e. The molecule has 1 amide bonds. The Morgan fingerprint density at radius 2 is 2.24 bits per heavy atom. The maximum absolute atomic E-state index is 11.9. The third-order valence-electron chi connectivity index (χ3n) is 2.53. The lowest BCUT2D eigenvalue weighted by Gasteiger charge is -2.03. The third kappa shape index (κ3) is 4.27. The number of thiophene rings is 2. The summed E-state index contributed by atoms with van der Waals surface area (Å²) < 4.78 is 4.98. The van der Waals surface area contributed by atoms with E-state index in [0.29, 0.717) is 17.2 Å². The molecular weight excluding hydrogens is 306 g/mol. The highest BCUT2D eigenvalue weighted by atomic mass is 32.1. The predicted octanol–water partition coefficient (Wildman–Crippen LogP) is 3.95. The van der Waals surface area contributed by atoms with Gasteiger partial charge in [-0.1, -0.05) is 6.07 Å². The van der Waals surface area contributed by atoms with Crippen molar-refractivity contribution in [2.75, 3.05) is 11.9 Å². The normalized spacial score (nSPS) is 10.8. The van der Waals surface area contributed by atoms with Crippen molar-refractivity contribution < 1.29 is 14.3 Å². The number of nitrogens with one attached hydrogen (secondary N) is 1. The van der Waals surface area contributed by atoms with Gasteiger partial charge >= 0.3 is 5.97 Å². The molecule has 0 bridgehead atoms. The highest BCUT2D eigenvalue weighted by molar-refractivity contribution is 7.16. The van der Waals surface area contributed by atoms with E-state index >= 15 is 0 Å². The van der Waals surface area contributed by atoms with E-state index in [4.69, 9.17) is 4.74 Å². The molecule has 2 rings (SSSR count). The van der Waals surface area contributed by atoms with Crippen LogP contribution >= 0.6 is 22.7 Å². The SMILES string of the molecule is CCOC(=O)c1cc(C)sc1NC(=O)C=Cc1cccs1. The monoisotopic (exact) mass is 321 g/mol. The Hall–Kier alpha value is -1.92. The van der Waals surface area contributed by atoms with E-state index in [-0.39, 0.29) is 5.91 Å². The number of hydrogen-bond donors (Lipinski definition) is 1. The van der Waals surface area contributed by atoms with Crippen LogP contribution in [0.15, 0.2) is 29.7 Å². The number of hydrogen-bond acceptors (Lipinski definition) is 5. The Morgan fingerprint density at radius 3 is 2.90 bits per heavy atom. The molecular formula is C15H15NO3S2. The maximum Gasteiger partial charge on any atom is 0.341 e. The summed E-state index contributed by atoms with van der Waals surface area (Å²) in [6.45, 7) is 3.93. The van der Waals surface area contributed by atoms with Gasteiger partial charge < -0.3 is 10.1 Å². The van der Waals surface area contributed by atoms with Gasteiger partial charge in [0, 0.05) is 15.8 Å². The molecule has 0 unspecified atom stereocenters. The van der Waals surface area contributed by atoms with Crippen LogP contribution in [0.25, 0.3) is 6.08 Å². The number of anilines is 1. The van der Waals surface area contributed by atoms with Gasteiger partial charge in [-0.05, 0) is 37.4 Å². The summed E-state index contributed by atoms with van der Waals surface area (Å²) in [5.41, 5.74) is 0.400. The fourth-order valence-electron chi connectivity index (χ4n) is 1.67. The third-order valence-corrected chi connectivity index (χ3v) is 4.33. The molecule has 1 N–H and O–H groups in total. The highest BCUT2D eigenvalue weighted by Crippen LogP contribution is 2.28. The average Bonchev–Trinajstić information content (AvgIpc) is 3.06. The molecule has 21 heavy (non-hydrogen) atoms. The van der Waals surface area contributed by atoms with Crippen LogP contribution in [0.2, 0.25) is 0 Å². The van der Waals surface area contributed by atoms with Crippen molar-refractivity contribution in [3.05, 3.63) is 45.0 Å². The van der Waals surface area contributed by atoms with Crippen LogP contribution in [0.5, 0.6) is 0 Å². The zero-order valence-corrected chi connectivity index (χ0v) is 13.3. The van der Waals surface area contributed by atoms with E-state index in [2.05, 4.69) is 5.32 Å². The molecule has 0 atom stereocenters. The topological polar surface area (TPSA) is 55.4 Å². The van der Waals surface area contributed by atoms with Crippen molar-refractivity contribution in [3.8, 4) is 0 Å². The minimum absolute atomic E-state index is 0.268. The first-order chi connectivity index (χ1) is 10.1. The Labute approximate surface area is 131 Å². The molecule has 2 heterocycles. The summed E-state index contributed by atoms with van der Waals surface area (Å²) >= 11 is 2.91. The van der Waals surface area contributed by atoms with Gasteiger partial charge in [-0.25, -0.2) is 4.79 Å². The number of amides is 1. The molecule has 0 aromatic carbocycles. The summed E-state index contributed by atoms with van der Waals surface area (Å²) in [7, 11) is 0. The first kappa shape index (κ1) is 15.5. The fraction of sp³-hybridized carbons (Fsp3) is 0.200. The number of carbonyl (C=O) groups excluding carboxylic acids is 2. The Bertz CT molecular complexity index is 657. The predicted molar refractivity (Wildman–Crippen MR) is 87.0 cm³/mol. The average molecular weight is 321 g/mol. The van der Waals surface area contributed by atoms with Crippen molar-refractivity contribution in [1.29, 1.82) is 0 Å². The second-order valence-corrected chi connectivity index (χ2v) is 6.39. The molecule has 4 nitrogen and oxygen atoms in total. The summed E-state index contributed by atoms with van der Waals surface area (Å²) in [6.07, 6.45) is 3.19. The zero-order chi connectivity index (χ0) is 15.2. The summed E-state index contributed by atoms with van der Waals surface area (Å²) in [6, 6.07) is 5.57. The van der Waals surface area contributed by atoms with E-state index in [1.54, 1.807) is 30.4 Å². The van der Waals surface area contributed by atoms with Gasteiger partial charge in [-0.15, -0.1) is 22.7 Å². The van der Waals surface area contributed by atoms with Crippen LogP contribution in [-0.4, -0.2) is 18.5 Å². The van der Waals surface area contributed by atoms with Crippen LogP contribution in [0.1, 0.15) is 27.0 Å². The zero-order valence-electron chi connectivity index (χ0n) is 11.7. The number of carbonyl (C=O) groups is 2. The first-order valence-corrected chi connectivity index (χ1v) is 8.10. The van der Waals surface area contributed by atoms with Crippen molar-refractivity contribution in [3.63, 3.8) is 0 Å². The minimum atomic E-state index is -0.417. The highest BCUT2D eigenvalue weighted by Gasteiger charge is 2.17. The standard InChI is InChI=1S/C15H15NO3S2/c1-3-19-15(18)12-9-10(2)21-14(12)16-13(17)7-6-11-5-4-8-20-11/h4-9H,3H2,1-2H3,(H,16,17). The van der Waals surface area contributed by atoms with Gasteiger partial charge in [0.25, 0.3) is 0 Å². The van der Waals surface area contributed by atoms with Gasteiger partial charge in [0.15, 0.2) is 0 Å². The number of esters is 1. The summed E-state index contributed by atoms with van der Waals surface area (Å²) in [5, 5.41) is 5.19. The van der Waals surface area contributed by atoms with Crippen LogP contribution in [-0.2, 0) is 9.53 Å². The van der Waals surface area contributed by atoms with Crippen molar-refractivity contribution in [1.82, 2.24) is 0 Å². The van der Waals surface area contributed by atoms with Crippen molar-refractivity contribution in [2.24, 2.45) is 0 Å². The van der Waals surface area contributed by atoms with Gasteiger partial charge in [-0.3, -0.25) is 4.79 Å². The quantitative estimate of drug-likeness (QED) is 0.670. The van der Waals surface area contributed by atoms with Gasteiger partial charge in [0.05, 0.1) is 12.2 Å². The van der Waals surface area contributed by atoms with E-state index in [9.17, 15) is 9.59 Å². The van der Waals surface area contributed by atoms with E-state index in [1.165, 1.54) is 17.4 Å². The maximum atomic E-state index is 11.9. The molecule has 0 aliphatic carbocycles. The lowest BCUT2D eigenvalue weighted by molar-refractivity contribution is -0.111. The van der Waals surface area contributed by atoms with Crippen molar-refractivity contribution >= 4 is 45.6 Å². The molecule has 2 aromatic rings. The minimum Gasteiger partial charge on any atom is -0.462 e. The first-order valence-electron chi connectivity index (χ1n) is 6.40. The Morgan fingerprint density at radius 1 is 1.43 bits per heavy atom. The van der Waals surface area contributed by atoms with E-state index in [0.717, 1.165) is 9.75 Å². The van der Waals surface area contributed by atoms with Crippen LogP contribution < -0.4 is 5.32 Å². The molecule has 0 radical (unpaired) electrons. The lowest BCUT2D eigenvalue weighted by atomic mass is 10.3. The molecule has 110 valence electrons. The molecule has 0 saturated carbocycles. The number of rotatable bonds is 5. The molecule has 0 aliphatic heterocycles. The van der Waals surface area contributed by atoms with Crippen molar-refractivity contribution in [2.45, 2.75) is 13.8 Å². The van der Waals surface area contributed by atoms with E-state index in [1.807, 2.05) is 24.4 Å². The van der Waals surface area contributed by atoms with Crippen LogP contribution in [0, 0.1) is 6.92 Å². The second-order valence-electron chi connectivity index (χ2n) is 4.16. The molecule has 6 heteroatoms. The van der Waals surface area contributed by atoms with Gasteiger partial charge in [0.2, 0.25) is 5.91 Å². The Kier molecular flexibility index (Phi) is 5.30. The van der Waals surface area contributed by atoms with Gasteiger partial charge in [0.1, 0.15) is 5.00 Å². The molecule has 2 aromatic heterocycles. The number of aryl methyl sites for hydroxylation is 1. The molecule has 0 spiro atoms.